The molecule has 0 fully saturated rings. The van der Waals surface area contributed by atoms with E-state index in [0.29, 0.717) is 16.9 Å². The van der Waals surface area contributed by atoms with Gasteiger partial charge < -0.3 is 0 Å². The van der Waals surface area contributed by atoms with Crippen molar-refractivity contribution in [1.29, 1.82) is 0 Å². The first-order valence-electron chi connectivity index (χ1n) is 6.18. The number of nitrogens with zero attached hydrogens (tertiary/aromatic N) is 5. The summed E-state index contributed by atoms with van der Waals surface area (Å²) in [5.74, 6) is 0. The van der Waals surface area contributed by atoms with E-state index in [1.807, 2.05) is 6.92 Å². The highest BCUT2D eigenvalue weighted by Crippen LogP contribution is 2.32. The minimum Gasteiger partial charge on any atom is -0.267 e. The molecule has 0 atom stereocenters. The summed E-state index contributed by atoms with van der Waals surface area (Å²) in [4.78, 5) is 4.27. The van der Waals surface area contributed by atoms with Crippen molar-refractivity contribution >= 4 is 11.0 Å². The van der Waals surface area contributed by atoms with Crippen LogP contribution >= 0.6 is 0 Å². The smallest absolute Gasteiger partial charge is 0.267 e. The Bertz CT molecular complexity index is 828. The van der Waals surface area contributed by atoms with Gasteiger partial charge in [-0.15, -0.1) is 0 Å². The van der Waals surface area contributed by atoms with Gasteiger partial charge in [-0.2, -0.15) is 23.4 Å². The molecule has 0 radical (unpaired) electrons. The van der Waals surface area contributed by atoms with Crippen molar-refractivity contribution in [3.05, 3.63) is 29.7 Å². The maximum absolute atomic E-state index is 12.7. The van der Waals surface area contributed by atoms with Gasteiger partial charge in [0, 0.05) is 31.2 Å². The van der Waals surface area contributed by atoms with Gasteiger partial charge in [0.25, 0.3) is 0 Å². The second-order valence-corrected chi connectivity index (χ2v) is 4.84. The molecule has 0 aromatic carbocycles. The highest BCUT2D eigenvalue weighted by Gasteiger charge is 2.34. The molecular weight excluding hydrogens is 283 g/mol. The summed E-state index contributed by atoms with van der Waals surface area (Å²) in [6.07, 6.45) is -2.93. The van der Waals surface area contributed by atoms with Crippen LogP contribution in [0.3, 0.4) is 0 Å². The van der Waals surface area contributed by atoms with Crippen LogP contribution in [0.5, 0.6) is 0 Å². The lowest BCUT2D eigenvalue weighted by atomic mass is 10.1. The third-order valence-corrected chi connectivity index (χ3v) is 3.33. The van der Waals surface area contributed by atoms with Gasteiger partial charge in [-0.3, -0.25) is 9.36 Å². The molecule has 21 heavy (non-hydrogen) atoms. The fourth-order valence-corrected chi connectivity index (χ4v) is 2.32. The van der Waals surface area contributed by atoms with E-state index in [-0.39, 0.29) is 0 Å². The van der Waals surface area contributed by atoms with Gasteiger partial charge in [0.15, 0.2) is 11.3 Å². The van der Waals surface area contributed by atoms with Crippen LogP contribution in [0.4, 0.5) is 13.2 Å². The molecule has 3 aromatic rings. The molecule has 3 rings (SSSR count). The van der Waals surface area contributed by atoms with Crippen LogP contribution in [0.2, 0.25) is 0 Å². The summed E-state index contributed by atoms with van der Waals surface area (Å²) in [6.45, 7) is 1.83. The van der Waals surface area contributed by atoms with Crippen LogP contribution in [-0.2, 0) is 20.3 Å². The molecule has 3 aromatic heterocycles. The summed E-state index contributed by atoms with van der Waals surface area (Å²) >= 11 is 0. The Morgan fingerprint density at radius 3 is 2.38 bits per heavy atom. The average Bonchev–Trinajstić information content (AvgIpc) is 2.91. The number of fused-ring (bicyclic) bond motifs is 1. The summed E-state index contributed by atoms with van der Waals surface area (Å²) in [5, 5.41) is 8.56. The van der Waals surface area contributed by atoms with Gasteiger partial charge in [0.05, 0.1) is 11.4 Å². The Balaban J connectivity index is 2.17. The van der Waals surface area contributed by atoms with E-state index in [1.165, 1.54) is 17.9 Å². The zero-order chi connectivity index (χ0) is 15.4. The molecule has 8 heteroatoms. The molecule has 0 aliphatic rings. The highest BCUT2D eigenvalue weighted by atomic mass is 19.4. The van der Waals surface area contributed by atoms with Crippen molar-refractivity contribution in [1.82, 2.24) is 24.5 Å². The highest BCUT2D eigenvalue weighted by molar-refractivity contribution is 5.82. The number of halogens is 3. The van der Waals surface area contributed by atoms with E-state index < -0.39 is 11.9 Å². The Morgan fingerprint density at radius 2 is 1.76 bits per heavy atom. The minimum absolute atomic E-state index is 0.361. The van der Waals surface area contributed by atoms with Crippen molar-refractivity contribution < 1.29 is 13.2 Å². The van der Waals surface area contributed by atoms with Crippen molar-refractivity contribution in [3.63, 3.8) is 0 Å². The van der Waals surface area contributed by atoms with Crippen molar-refractivity contribution in [2.45, 2.75) is 13.1 Å². The van der Waals surface area contributed by atoms with E-state index in [9.17, 15) is 13.2 Å². The maximum Gasteiger partial charge on any atom is 0.435 e. The first-order chi connectivity index (χ1) is 9.77. The third-order valence-electron chi connectivity index (χ3n) is 3.33. The van der Waals surface area contributed by atoms with Gasteiger partial charge in [-0.25, -0.2) is 4.98 Å². The number of pyridine rings is 1. The predicted octanol–water partition coefficient (Wildman–Crippen LogP) is 2.70. The molecule has 0 N–H and O–H groups in total. The third kappa shape index (κ3) is 2.16. The molecule has 0 saturated carbocycles. The van der Waals surface area contributed by atoms with Crippen molar-refractivity contribution in [2.75, 3.05) is 0 Å². The predicted molar refractivity (Wildman–Crippen MR) is 70.5 cm³/mol. The van der Waals surface area contributed by atoms with Gasteiger partial charge in [-0.05, 0) is 19.1 Å². The number of alkyl halides is 3. The van der Waals surface area contributed by atoms with Crippen LogP contribution in [0.1, 0.15) is 11.4 Å². The first kappa shape index (κ1) is 13.6. The number of hydrogen-bond acceptors (Lipinski definition) is 3. The van der Waals surface area contributed by atoms with E-state index in [2.05, 4.69) is 15.2 Å². The monoisotopic (exact) mass is 295 g/mol. The second-order valence-electron chi connectivity index (χ2n) is 4.84. The van der Waals surface area contributed by atoms with Crippen LogP contribution < -0.4 is 0 Å². The fraction of sp³-hybridized carbons (Fsp3) is 0.308. The van der Waals surface area contributed by atoms with E-state index in [1.54, 1.807) is 17.8 Å². The van der Waals surface area contributed by atoms with Gasteiger partial charge in [-0.1, -0.05) is 0 Å². The second kappa shape index (κ2) is 4.31. The summed E-state index contributed by atoms with van der Waals surface area (Å²) in [7, 11) is 3.25. The topological polar surface area (TPSA) is 48.5 Å². The standard InChI is InChI=1S/C13H12F3N5/c1-7-9-4-8(6-17-12(9)21(3)18-7)10-5-11(13(14,15)16)19-20(10)2/h4-6H,1-3H3. The Hall–Kier alpha value is -2.38. The fourth-order valence-electron chi connectivity index (χ4n) is 2.32. The normalized spacial score (nSPS) is 12.3. The average molecular weight is 295 g/mol. The van der Waals surface area contributed by atoms with Crippen molar-refractivity contribution in [3.8, 4) is 11.3 Å². The molecule has 0 saturated heterocycles. The number of aromatic nitrogens is 5. The zero-order valence-electron chi connectivity index (χ0n) is 11.6. The zero-order valence-corrected chi connectivity index (χ0v) is 11.6. The number of rotatable bonds is 1. The molecule has 3 heterocycles. The lowest BCUT2D eigenvalue weighted by Gasteiger charge is -2.02. The lowest BCUT2D eigenvalue weighted by Crippen LogP contribution is -2.06. The van der Waals surface area contributed by atoms with E-state index in [0.717, 1.165) is 17.1 Å². The van der Waals surface area contributed by atoms with Gasteiger partial charge in [0.2, 0.25) is 0 Å². The summed E-state index contributed by atoms with van der Waals surface area (Å²) in [6, 6.07) is 2.80. The number of hydrogen-bond donors (Lipinski definition) is 0. The Labute approximate surface area is 118 Å². The summed E-state index contributed by atoms with van der Waals surface area (Å²) < 4.78 is 41.0. The molecule has 0 bridgehead atoms. The van der Waals surface area contributed by atoms with Crippen LogP contribution in [0, 0.1) is 6.92 Å². The van der Waals surface area contributed by atoms with E-state index >= 15 is 0 Å². The molecular formula is C13H12F3N5. The Kier molecular flexibility index (Phi) is 2.79. The van der Waals surface area contributed by atoms with Crippen molar-refractivity contribution in [2.24, 2.45) is 14.1 Å². The minimum atomic E-state index is -4.46. The molecule has 0 aliphatic heterocycles. The molecule has 0 unspecified atom stereocenters. The largest absolute Gasteiger partial charge is 0.435 e. The molecule has 0 amide bonds. The summed E-state index contributed by atoms with van der Waals surface area (Å²) in [5.41, 5.74) is 1.49. The Morgan fingerprint density at radius 1 is 1.05 bits per heavy atom. The SMILES string of the molecule is Cc1nn(C)c2ncc(-c3cc(C(F)(F)F)nn3C)cc12. The quantitative estimate of drug-likeness (QED) is 0.693. The van der Waals surface area contributed by atoms with Gasteiger partial charge in [0.1, 0.15) is 0 Å². The van der Waals surface area contributed by atoms with Crippen LogP contribution in [-0.4, -0.2) is 24.5 Å². The molecule has 5 nitrogen and oxygen atoms in total. The van der Waals surface area contributed by atoms with Crippen LogP contribution in [0.15, 0.2) is 18.3 Å². The molecule has 0 aliphatic carbocycles. The van der Waals surface area contributed by atoms with E-state index in [4.69, 9.17) is 0 Å². The maximum atomic E-state index is 12.7. The molecule has 0 spiro atoms. The lowest BCUT2D eigenvalue weighted by molar-refractivity contribution is -0.141. The first-order valence-corrected chi connectivity index (χ1v) is 6.18. The molecule has 110 valence electrons. The van der Waals surface area contributed by atoms with Gasteiger partial charge >= 0.3 is 6.18 Å². The van der Waals surface area contributed by atoms with Crippen LogP contribution in [0.25, 0.3) is 22.3 Å². The number of aryl methyl sites for hydroxylation is 3.